The van der Waals surface area contributed by atoms with Gasteiger partial charge in [0.2, 0.25) is 0 Å². The number of amides is 1. The molecule has 5 nitrogen and oxygen atoms in total. The van der Waals surface area contributed by atoms with Crippen LogP contribution in [0.3, 0.4) is 0 Å². The lowest BCUT2D eigenvalue weighted by molar-refractivity contribution is 0.0952. The lowest BCUT2D eigenvalue weighted by Crippen LogP contribution is -2.18. The Morgan fingerprint density at radius 3 is 2.43 bits per heavy atom. The molecule has 0 bridgehead atoms. The van der Waals surface area contributed by atoms with Crippen molar-refractivity contribution in [1.29, 1.82) is 0 Å². The molecule has 0 aliphatic rings. The summed E-state index contributed by atoms with van der Waals surface area (Å²) in [4.78, 5) is 12.8. The first-order chi connectivity index (χ1) is 10.9. The van der Waals surface area contributed by atoms with Crippen molar-refractivity contribution in [2.75, 3.05) is 5.75 Å². The van der Waals surface area contributed by atoms with Crippen LogP contribution < -0.4 is 5.43 Å². The highest BCUT2D eigenvalue weighted by Crippen LogP contribution is 2.13. The summed E-state index contributed by atoms with van der Waals surface area (Å²) in [6.45, 7) is 1.60. The van der Waals surface area contributed by atoms with Gasteiger partial charge in [-0.05, 0) is 29.8 Å². The van der Waals surface area contributed by atoms with Gasteiger partial charge in [0.1, 0.15) is 0 Å². The van der Waals surface area contributed by atoms with Gasteiger partial charge >= 0.3 is 0 Å². The van der Waals surface area contributed by atoms with Crippen LogP contribution in [-0.2, 0) is 9.84 Å². The van der Waals surface area contributed by atoms with Crippen molar-refractivity contribution in [2.24, 2.45) is 5.10 Å². The van der Waals surface area contributed by atoms with E-state index < -0.39 is 9.84 Å². The minimum atomic E-state index is -3.21. The van der Waals surface area contributed by atoms with E-state index >= 15 is 0 Å². The second-order valence-corrected chi connectivity index (χ2v) is 7.45. The van der Waals surface area contributed by atoms with Crippen LogP contribution in [0.15, 0.2) is 63.4 Å². The number of hydrogen-bond acceptors (Lipinski definition) is 5. The zero-order valence-electron chi connectivity index (χ0n) is 12.4. The first kappa shape index (κ1) is 17.2. The number of rotatable bonds is 5. The molecule has 1 N–H and O–H groups in total. The van der Waals surface area contributed by atoms with E-state index in [0.717, 1.165) is 0 Å². The molecule has 2 aromatic rings. The average Bonchev–Trinajstić information content (AvgIpc) is 2.55. The van der Waals surface area contributed by atoms with Crippen molar-refractivity contribution < 1.29 is 13.2 Å². The third-order valence-electron chi connectivity index (χ3n) is 3.15. The zero-order valence-corrected chi connectivity index (χ0v) is 14.1. The average molecular weight is 348 g/mol. The summed E-state index contributed by atoms with van der Waals surface area (Å²) in [5.74, 6) is -0.309. The van der Waals surface area contributed by atoms with Crippen LogP contribution in [0.25, 0.3) is 0 Å². The smallest absolute Gasteiger partial charge is 0.267 e. The maximum absolute atomic E-state index is 11.9. The van der Waals surface area contributed by atoms with E-state index in [1.165, 1.54) is 18.3 Å². The largest absolute Gasteiger partial charge is 0.272 e. The van der Waals surface area contributed by atoms with E-state index in [2.05, 4.69) is 23.2 Å². The number of nitrogens with one attached hydrogen (secondary N) is 1. The fourth-order valence-electron chi connectivity index (χ4n) is 1.82. The van der Waals surface area contributed by atoms with E-state index in [1.54, 1.807) is 43.3 Å². The molecule has 0 saturated heterocycles. The molecule has 7 heteroatoms. The third-order valence-corrected chi connectivity index (χ3v) is 5.29. The van der Waals surface area contributed by atoms with Crippen LogP contribution in [-0.4, -0.2) is 26.3 Å². The van der Waals surface area contributed by atoms with Gasteiger partial charge in [0.25, 0.3) is 5.91 Å². The molecule has 0 heterocycles. The number of hydrazone groups is 1. The summed E-state index contributed by atoms with van der Waals surface area (Å²) in [7, 11) is -3.21. The molecule has 0 unspecified atom stereocenters. The Morgan fingerprint density at radius 2 is 1.83 bits per heavy atom. The summed E-state index contributed by atoms with van der Waals surface area (Å²) in [5, 5.41) is 3.86. The molecule has 0 aliphatic carbocycles. The molecule has 2 rings (SSSR count). The normalized spacial score (nSPS) is 11.6. The van der Waals surface area contributed by atoms with Crippen molar-refractivity contribution in [1.82, 2.24) is 5.43 Å². The Kier molecular flexibility index (Phi) is 5.57. The second kappa shape index (κ2) is 7.43. The number of carbonyl (C=O) groups is 1. The molecule has 0 saturated carbocycles. The quantitative estimate of drug-likeness (QED) is 0.495. The third kappa shape index (κ3) is 4.43. The summed E-state index contributed by atoms with van der Waals surface area (Å²) < 4.78 is 23.4. The summed E-state index contributed by atoms with van der Waals surface area (Å²) in [6.07, 6.45) is 1.45. The monoisotopic (exact) mass is 348 g/mol. The summed E-state index contributed by atoms with van der Waals surface area (Å²) in [5.41, 5.74) is 3.52. The topological polar surface area (TPSA) is 75.6 Å². The highest BCUT2D eigenvalue weighted by Gasteiger charge is 2.10. The molecule has 0 fully saturated rings. The van der Waals surface area contributed by atoms with Gasteiger partial charge in [-0.15, -0.1) is 12.6 Å². The van der Waals surface area contributed by atoms with Gasteiger partial charge in [0.15, 0.2) is 9.84 Å². The lowest BCUT2D eigenvalue weighted by atomic mass is 10.2. The minimum Gasteiger partial charge on any atom is -0.267 e. The number of thiol groups is 1. The Morgan fingerprint density at radius 1 is 1.17 bits per heavy atom. The van der Waals surface area contributed by atoms with Gasteiger partial charge in [-0.1, -0.05) is 31.2 Å². The fourth-order valence-corrected chi connectivity index (χ4v) is 2.97. The SMILES string of the molecule is CCS(=O)(=O)c1ccc(C=NNC(=O)c2ccccc2S)cc1. The lowest BCUT2D eigenvalue weighted by Gasteiger charge is -2.03. The van der Waals surface area contributed by atoms with Crippen molar-refractivity contribution in [3.05, 3.63) is 59.7 Å². The van der Waals surface area contributed by atoms with Gasteiger partial charge in [-0.2, -0.15) is 5.10 Å². The number of hydrogen-bond donors (Lipinski definition) is 2. The first-order valence-electron chi connectivity index (χ1n) is 6.88. The van der Waals surface area contributed by atoms with Crippen LogP contribution in [0.4, 0.5) is 0 Å². The van der Waals surface area contributed by atoms with Crippen LogP contribution in [0.5, 0.6) is 0 Å². The molecule has 0 aliphatic heterocycles. The number of benzene rings is 2. The maximum atomic E-state index is 11.9. The predicted molar refractivity (Wildman–Crippen MR) is 92.9 cm³/mol. The molecule has 0 aromatic heterocycles. The van der Waals surface area contributed by atoms with Gasteiger partial charge in [-0.3, -0.25) is 4.79 Å². The fraction of sp³-hybridized carbons (Fsp3) is 0.125. The van der Waals surface area contributed by atoms with Crippen molar-refractivity contribution in [2.45, 2.75) is 16.7 Å². The molecule has 23 heavy (non-hydrogen) atoms. The molecular formula is C16H16N2O3S2. The summed E-state index contributed by atoms with van der Waals surface area (Å²) in [6, 6.07) is 13.2. The number of sulfone groups is 1. The molecule has 0 spiro atoms. The molecular weight excluding hydrogens is 332 g/mol. The van der Waals surface area contributed by atoms with E-state index in [1.807, 2.05) is 0 Å². The van der Waals surface area contributed by atoms with Crippen molar-refractivity contribution in [3.8, 4) is 0 Å². The van der Waals surface area contributed by atoms with E-state index in [-0.39, 0.29) is 16.6 Å². The van der Waals surface area contributed by atoms with E-state index in [0.29, 0.717) is 16.0 Å². The Labute approximate surface area is 140 Å². The van der Waals surface area contributed by atoms with Gasteiger partial charge in [0.05, 0.1) is 22.4 Å². The highest BCUT2D eigenvalue weighted by atomic mass is 32.2. The van der Waals surface area contributed by atoms with Crippen LogP contribution in [0.2, 0.25) is 0 Å². The molecule has 0 radical (unpaired) electrons. The second-order valence-electron chi connectivity index (χ2n) is 4.69. The van der Waals surface area contributed by atoms with Crippen LogP contribution >= 0.6 is 12.6 Å². The van der Waals surface area contributed by atoms with Gasteiger partial charge < -0.3 is 0 Å². The molecule has 1 amide bonds. The highest BCUT2D eigenvalue weighted by molar-refractivity contribution is 7.91. The van der Waals surface area contributed by atoms with Crippen molar-refractivity contribution >= 4 is 34.6 Å². The summed E-state index contributed by atoms with van der Waals surface area (Å²) >= 11 is 4.21. The molecule has 2 aromatic carbocycles. The van der Waals surface area contributed by atoms with Crippen LogP contribution in [0, 0.1) is 0 Å². The Balaban J connectivity index is 2.04. The zero-order chi connectivity index (χ0) is 16.9. The van der Waals surface area contributed by atoms with E-state index in [4.69, 9.17) is 0 Å². The molecule has 0 atom stereocenters. The molecule has 120 valence electrons. The Hall–Kier alpha value is -2.12. The number of nitrogens with zero attached hydrogens (tertiary/aromatic N) is 1. The maximum Gasteiger partial charge on any atom is 0.272 e. The first-order valence-corrected chi connectivity index (χ1v) is 8.98. The minimum absolute atomic E-state index is 0.0552. The van der Waals surface area contributed by atoms with Gasteiger partial charge in [-0.25, -0.2) is 13.8 Å². The van der Waals surface area contributed by atoms with Crippen molar-refractivity contribution in [3.63, 3.8) is 0 Å². The van der Waals surface area contributed by atoms with Crippen LogP contribution in [0.1, 0.15) is 22.8 Å². The standard InChI is InChI=1S/C16H16N2O3S2/c1-2-23(20,21)13-9-7-12(8-10-13)11-17-18-16(19)14-5-3-4-6-15(14)22/h3-11,22H,2H2,1H3,(H,18,19). The van der Waals surface area contributed by atoms with E-state index in [9.17, 15) is 13.2 Å². The Bertz CT molecular complexity index is 829. The van der Waals surface area contributed by atoms with Gasteiger partial charge in [0, 0.05) is 4.90 Å². The number of carbonyl (C=O) groups excluding carboxylic acids is 1. The predicted octanol–water partition coefficient (Wildman–Crippen LogP) is 2.53.